The summed E-state index contributed by atoms with van der Waals surface area (Å²) in [6.07, 6.45) is 1.34. The molecule has 0 spiro atoms. The Morgan fingerprint density at radius 3 is 2.48 bits per heavy atom. The number of nitrogens with zero attached hydrogens (tertiary/aromatic N) is 1. The van der Waals surface area contributed by atoms with Gasteiger partial charge in [0, 0.05) is 5.69 Å². The van der Waals surface area contributed by atoms with E-state index in [1.807, 2.05) is 6.07 Å². The number of para-hydroxylation sites is 1. The maximum Gasteiger partial charge on any atom is 0.266 e. The van der Waals surface area contributed by atoms with Crippen LogP contribution in [0.4, 0.5) is 15.8 Å². The van der Waals surface area contributed by atoms with E-state index in [9.17, 15) is 24.3 Å². The first-order valence-electron chi connectivity index (χ1n) is 9.54. The first kappa shape index (κ1) is 23.3. The van der Waals surface area contributed by atoms with Crippen molar-refractivity contribution in [3.05, 3.63) is 88.7 Å². The number of carbonyl (C=O) groups excluding carboxylic acids is 2. The third-order valence-corrected chi connectivity index (χ3v) is 4.56. The molecule has 0 atom stereocenters. The summed E-state index contributed by atoms with van der Waals surface area (Å²) in [4.78, 5) is 24.3. The quantitative estimate of drug-likeness (QED) is 0.265. The largest absolute Gasteiger partial charge is 0.508 e. The second-order valence-electron chi connectivity index (χ2n) is 6.68. The molecule has 0 saturated heterocycles. The second kappa shape index (κ2) is 10.8. The van der Waals surface area contributed by atoms with Crippen LogP contribution >= 0.6 is 11.6 Å². The molecule has 0 bridgehead atoms. The SMILES string of the molecule is N#C/C(=C\c1ccc(OCC(=O)Nc2ccccc2F)c(Cl)c1)C(=O)Nc1ccc(O)cc1. The van der Waals surface area contributed by atoms with E-state index >= 15 is 0 Å². The number of amides is 2. The number of aromatic hydroxyl groups is 1. The van der Waals surface area contributed by atoms with Gasteiger partial charge in [-0.05, 0) is 60.2 Å². The average Bonchev–Trinajstić information content (AvgIpc) is 2.80. The molecule has 33 heavy (non-hydrogen) atoms. The van der Waals surface area contributed by atoms with E-state index in [1.165, 1.54) is 60.7 Å². The molecule has 0 aliphatic rings. The van der Waals surface area contributed by atoms with E-state index in [2.05, 4.69) is 10.6 Å². The van der Waals surface area contributed by atoms with Crippen molar-refractivity contribution in [1.29, 1.82) is 5.26 Å². The minimum absolute atomic E-state index is 0.0345. The van der Waals surface area contributed by atoms with Crippen LogP contribution in [0.3, 0.4) is 0 Å². The molecule has 0 unspecified atom stereocenters. The highest BCUT2D eigenvalue weighted by molar-refractivity contribution is 6.32. The number of phenols is 1. The highest BCUT2D eigenvalue weighted by atomic mass is 35.5. The zero-order chi connectivity index (χ0) is 23.8. The predicted molar refractivity (Wildman–Crippen MR) is 122 cm³/mol. The Kier molecular flexibility index (Phi) is 7.63. The third kappa shape index (κ3) is 6.56. The van der Waals surface area contributed by atoms with Gasteiger partial charge in [-0.2, -0.15) is 5.26 Å². The maximum absolute atomic E-state index is 13.6. The molecule has 166 valence electrons. The highest BCUT2D eigenvalue weighted by Crippen LogP contribution is 2.27. The van der Waals surface area contributed by atoms with E-state index in [-0.39, 0.29) is 27.8 Å². The first-order valence-corrected chi connectivity index (χ1v) is 9.92. The molecule has 0 fully saturated rings. The van der Waals surface area contributed by atoms with Crippen LogP contribution in [0, 0.1) is 17.1 Å². The minimum atomic E-state index is -0.635. The summed E-state index contributed by atoms with van der Waals surface area (Å²) < 4.78 is 19.0. The smallest absolute Gasteiger partial charge is 0.266 e. The topological polar surface area (TPSA) is 111 Å². The Morgan fingerprint density at radius 1 is 1.09 bits per heavy atom. The fraction of sp³-hybridized carbons (Fsp3) is 0.0417. The lowest BCUT2D eigenvalue weighted by molar-refractivity contribution is -0.118. The van der Waals surface area contributed by atoms with Gasteiger partial charge in [-0.1, -0.05) is 29.8 Å². The summed E-state index contributed by atoms with van der Waals surface area (Å²) in [5.74, 6) is -1.53. The molecule has 0 saturated carbocycles. The highest BCUT2D eigenvalue weighted by Gasteiger charge is 2.12. The lowest BCUT2D eigenvalue weighted by Gasteiger charge is -2.10. The van der Waals surface area contributed by atoms with E-state index in [0.29, 0.717) is 11.3 Å². The van der Waals surface area contributed by atoms with Gasteiger partial charge in [-0.3, -0.25) is 9.59 Å². The third-order valence-electron chi connectivity index (χ3n) is 4.26. The number of nitriles is 1. The predicted octanol–water partition coefficient (Wildman–Crippen LogP) is 4.75. The van der Waals surface area contributed by atoms with Crippen LogP contribution in [0.1, 0.15) is 5.56 Å². The van der Waals surface area contributed by atoms with Crippen LogP contribution in [-0.2, 0) is 9.59 Å². The molecule has 3 N–H and O–H groups in total. The minimum Gasteiger partial charge on any atom is -0.508 e. The van der Waals surface area contributed by atoms with Gasteiger partial charge in [0.2, 0.25) is 0 Å². The van der Waals surface area contributed by atoms with Crippen molar-refractivity contribution in [3.63, 3.8) is 0 Å². The monoisotopic (exact) mass is 465 g/mol. The van der Waals surface area contributed by atoms with Gasteiger partial charge in [-0.25, -0.2) is 4.39 Å². The molecule has 0 heterocycles. The number of ether oxygens (including phenoxy) is 1. The molecule has 3 aromatic rings. The number of hydrogen-bond donors (Lipinski definition) is 3. The van der Waals surface area contributed by atoms with Gasteiger partial charge >= 0.3 is 0 Å². The molecule has 9 heteroatoms. The van der Waals surface area contributed by atoms with Gasteiger partial charge in [0.15, 0.2) is 6.61 Å². The Balaban J connectivity index is 1.63. The Bertz CT molecular complexity index is 1250. The Labute approximate surface area is 193 Å². The Morgan fingerprint density at radius 2 is 1.82 bits per heavy atom. The summed E-state index contributed by atoms with van der Waals surface area (Å²) in [5, 5.41) is 23.7. The molecular weight excluding hydrogens is 449 g/mol. The maximum atomic E-state index is 13.6. The van der Waals surface area contributed by atoms with Crippen molar-refractivity contribution in [2.75, 3.05) is 17.2 Å². The zero-order valence-corrected chi connectivity index (χ0v) is 17.8. The summed E-state index contributed by atoms with van der Waals surface area (Å²) in [6, 6.07) is 17.9. The van der Waals surface area contributed by atoms with E-state index in [0.717, 1.165) is 0 Å². The molecule has 7 nitrogen and oxygen atoms in total. The summed E-state index contributed by atoms with van der Waals surface area (Å²) in [7, 11) is 0. The van der Waals surface area contributed by atoms with Crippen molar-refractivity contribution < 1.29 is 23.8 Å². The van der Waals surface area contributed by atoms with Crippen LogP contribution in [-0.4, -0.2) is 23.5 Å². The summed E-state index contributed by atoms with van der Waals surface area (Å²) in [6.45, 7) is -0.401. The number of phenolic OH excluding ortho intramolecular Hbond substituents is 1. The lowest BCUT2D eigenvalue weighted by atomic mass is 10.1. The number of carbonyl (C=O) groups is 2. The summed E-state index contributed by atoms with van der Waals surface area (Å²) in [5.41, 5.74) is 0.735. The Hall–Kier alpha value is -4.35. The fourth-order valence-corrected chi connectivity index (χ4v) is 2.92. The van der Waals surface area contributed by atoms with Crippen molar-refractivity contribution in [3.8, 4) is 17.6 Å². The number of nitrogens with one attached hydrogen (secondary N) is 2. The lowest BCUT2D eigenvalue weighted by Crippen LogP contribution is -2.20. The standard InChI is InChI=1S/C24H17ClFN3O4/c25-19-12-15(11-16(13-27)24(32)28-17-6-8-18(30)9-7-17)5-10-22(19)33-14-23(31)29-21-4-2-1-3-20(21)26/h1-12,30H,14H2,(H,28,32)(H,29,31)/b16-11+. The molecule has 0 aliphatic carbocycles. The molecule has 0 aromatic heterocycles. The van der Waals surface area contributed by atoms with Crippen LogP contribution < -0.4 is 15.4 Å². The number of benzene rings is 3. The zero-order valence-electron chi connectivity index (χ0n) is 17.0. The number of hydrogen-bond acceptors (Lipinski definition) is 5. The van der Waals surface area contributed by atoms with Gasteiger partial charge < -0.3 is 20.5 Å². The van der Waals surface area contributed by atoms with E-state index < -0.39 is 24.2 Å². The van der Waals surface area contributed by atoms with E-state index in [4.69, 9.17) is 16.3 Å². The molecule has 3 rings (SSSR count). The number of rotatable bonds is 7. The van der Waals surface area contributed by atoms with Crippen LogP contribution in [0.5, 0.6) is 11.5 Å². The molecule has 0 radical (unpaired) electrons. The average molecular weight is 466 g/mol. The van der Waals surface area contributed by atoms with Crippen molar-refractivity contribution in [1.82, 2.24) is 0 Å². The van der Waals surface area contributed by atoms with E-state index in [1.54, 1.807) is 12.1 Å². The van der Waals surface area contributed by atoms with Crippen LogP contribution in [0.15, 0.2) is 72.3 Å². The first-order chi connectivity index (χ1) is 15.9. The molecular formula is C24H17ClFN3O4. The number of halogens is 2. The van der Waals surface area contributed by atoms with Gasteiger partial charge in [-0.15, -0.1) is 0 Å². The van der Waals surface area contributed by atoms with Crippen LogP contribution in [0.2, 0.25) is 5.02 Å². The van der Waals surface area contributed by atoms with Gasteiger partial charge in [0.1, 0.15) is 29.0 Å². The van der Waals surface area contributed by atoms with Crippen molar-refractivity contribution >= 4 is 40.9 Å². The molecule has 0 aliphatic heterocycles. The fourth-order valence-electron chi connectivity index (χ4n) is 2.67. The van der Waals surface area contributed by atoms with Gasteiger partial charge in [0.05, 0.1) is 10.7 Å². The van der Waals surface area contributed by atoms with Crippen LogP contribution in [0.25, 0.3) is 6.08 Å². The van der Waals surface area contributed by atoms with Gasteiger partial charge in [0.25, 0.3) is 11.8 Å². The van der Waals surface area contributed by atoms with Crippen molar-refractivity contribution in [2.45, 2.75) is 0 Å². The molecule has 2 amide bonds. The second-order valence-corrected chi connectivity index (χ2v) is 7.08. The molecule has 3 aromatic carbocycles. The summed E-state index contributed by atoms with van der Waals surface area (Å²) >= 11 is 6.20. The van der Waals surface area contributed by atoms with Crippen molar-refractivity contribution in [2.24, 2.45) is 0 Å². The number of anilines is 2. The normalized spacial score (nSPS) is 10.8.